The molecule has 0 aliphatic heterocycles. The van der Waals surface area contributed by atoms with Crippen LogP contribution in [0.1, 0.15) is 0 Å². The second-order valence-electron chi connectivity index (χ2n) is 2.23. The minimum absolute atomic E-state index is 0.754. The van der Waals surface area contributed by atoms with Crippen LogP contribution in [-0.4, -0.2) is 38.1 Å². The zero-order valence-electron chi connectivity index (χ0n) is 8.52. The Morgan fingerprint density at radius 2 is 1.06 bits per heavy atom. The molecular formula is C6H7F2O8P. The summed E-state index contributed by atoms with van der Waals surface area (Å²) in [6.45, 7) is 0. The predicted octanol–water partition coefficient (Wildman–Crippen LogP) is -0.232. The minimum atomic E-state index is -6.29. The Morgan fingerprint density at radius 1 is 0.765 bits per heavy atom. The molecule has 11 heteroatoms. The van der Waals surface area contributed by atoms with Crippen molar-refractivity contribution in [2.24, 2.45) is 0 Å². The van der Waals surface area contributed by atoms with Gasteiger partial charge >= 0.3 is 92.5 Å². The molecule has 98 valence electrons. The van der Waals surface area contributed by atoms with E-state index < -0.39 is 32.2 Å². The average Bonchev–Trinajstić information content (AvgIpc) is 2.25. The maximum atomic E-state index is 12.8. The molecule has 0 heterocycles. The van der Waals surface area contributed by atoms with Gasteiger partial charge in [-0.1, -0.05) is 0 Å². The summed E-state index contributed by atoms with van der Waals surface area (Å²) in [4.78, 5) is 42.0. The number of methoxy groups -OCH3 is 2. The van der Waals surface area contributed by atoms with Crippen molar-refractivity contribution < 1.29 is 46.1 Å². The van der Waals surface area contributed by atoms with Crippen LogP contribution in [0.4, 0.5) is 8.39 Å². The molecule has 0 aliphatic rings. The van der Waals surface area contributed by atoms with Gasteiger partial charge in [-0.05, 0) is 0 Å². The Kier molecular flexibility index (Phi) is 5.39. The zero-order valence-corrected chi connectivity index (χ0v) is 9.52. The molecule has 0 radical (unpaired) electrons. The average molecular weight is 276 g/mol. The summed E-state index contributed by atoms with van der Waals surface area (Å²) in [5.41, 5.74) is 0. The first kappa shape index (κ1) is 15.2. The topological polar surface area (TPSA) is 105 Å². The van der Waals surface area contributed by atoms with Gasteiger partial charge in [-0.25, -0.2) is 0 Å². The van der Waals surface area contributed by atoms with Crippen molar-refractivity contribution in [3.8, 4) is 0 Å². The van der Waals surface area contributed by atoms with Crippen LogP contribution in [0.15, 0.2) is 0 Å². The van der Waals surface area contributed by atoms with Crippen LogP contribution >= 0.6 is 8.34 Å². The van der Waals surface area contributed by atoms with Crippen molar-refractivity contribution in [3.63, 3.8) is 0 Å². The van der Waals surface area contributed by atoms with E-state index >= 15 is 0 Å². The van der Waals surface area contributed by atoms with Gasteiger partial charge in [-0.2, -0.15) is 0 Å². The molecule has 0 bridgehead atoms. The van der Waals surface area contributed by atoms with Crippen LogP contribution in [0, 0.1) is 0 Å². The third kappa shape index (κ3) is 5.16. The third-order valence-corrected chi connectivity index (χ3v) is 1.97. The van der Waals surface area contributed by atoms with Gasteiger partial charge in [0, 0.05) is 0 Å². The molecule has 0 unspecified atom stereocenters. The van der Waals surface area contributed by atoms with Gasteiger partial charge in [0.25, 0.3) is 0 Å². The molecule has 0 fully saturated rings. The number of esters is 2. The van der Waals surface area contributed by atoms with Gasteiger partial charge < -0.3 is 0 Å². The summed E-state index contributed by atoms with van der Waals surface area (Å²) < 4.78 is 39.7. The second kappa shape index (κ2) is 6.04. The first-order valence-corrected chi connectivity index (χ1v) is 5.31. The second-order valence-corrected chi connectivity index (χ2v) is 3.56. The maximum absolute atomic E-state index is 12.8. The van der Waals surface area contributed by atoms with Gasteiger partial charge in [0.05, 0.1) is 0 Å². The van der Waals surface area contributed by atoms with E-state index in [1.165, 1.54) is 0 Å². The molecule has 8 nitrogen and oxygen atoms in total. The molecule has 0 amide bonds. The molecule has 0 aromatic rings. The fourth-order valence-corrected chi connectivity index (χ4v) is 1.13. The predicted molar refractivity (Wildman–Crippen MR) is 46.7 cm³/mol. The van der Waals surface area contributed by atoms with E-state index in [-0.39, 0.29) is 0 Å². The van der Waals surface area contributed by atoms with Crippen LogP contribution in [0.2, 0.25) is 0 Å². The standard InChI is InChI=1S/C6H7F2O8P/c1-13-3(9)5(11)15-17(7,8)16-6(12)4(10)14-2/h17H,1-2H3. The molecular weight excluding hydrogens is 269 g/mol. The van der Waals surface area contributed by atoms with Crippen molar-refractivity contribution in [2.75, 3.05) is 14.2 Å². The zero-order chi connectivity index (χ0) is 13.6. The molecule has 0 saturated carbocycles. The Balaban J connectivity index is 4.49. The molecule has 17 heavy (non-hydrogen) atoms. The van der Waals surface area contributed by atoms with Gasteiger partial charge in [0.2, 0.25) is 0 Å². The van der Waals surface area contributed by atoms with E-state index in [1.807, 2.05) is 0 Å². The first-order valence-electron chi connectivity index (χ1n) is 3.74. The van der Waals surface area contributed by atoms with E-state index in [4.69, 9.17) is 0 Å². The van der Waals surface area contributed by atoms with Crippen LogP contribution in [0.25, 0.3) is 0 Å². The summed E-state index contributed by atoms with van der Waals surface area (Å²) in [6, 6.07) is 0. The van der Waals surface area contributed by atoms with Crippen molar-refractivity contribution in [1.29, 1.82) is 0 Å². The SMILES string of the molecule is COC(=O)C(=O)O[PH](F)(F)OC(=O)C(=O)OC. The van der Waals surface area contributed by atoms with Crippen molar-refractivity contribution in [1.82, 2.24) is 0 Å². The fraction of sp³-hybridized carbons (Fsp3) is 0.333. The Labute approximate surface area is 93.5 Å². The first-order chi connectivity index (χ1) is 7.73. The summed E-state index contributed by atoms with van der Waals surface area (Å²) in [5, 5.41) is 0. The Morgan fingerprint density at radius 3 is 1.29 bits per heavy atom. The van der Waals surface area contributed by atoms with Gasteiger partial charge in [0.1, 0.15) is 0 Å². The van der Waals surface area contributed by atoms with Crippen LogP contribution < -0.4 is 0 Å². The molecule has 0 atom stereocenters. The Bertz CT molecular complexity index is 322. The van der Waals surface area contributed by atoms with Crippen molar-refractivity contribution in [2.45, 2.75) is 0 Å². The molecule has 0 aromatic heterocycles. The molecule has 0 spiro atoms. The van der Waals surface area contributed by atoms with E-state index in [9.17, 15) is 27.6 Å². The molecule has 0 N–H and O–H groups in total. The van der Waals surface area contributed by atoms with Crippen LogP contribution in [-0.2, 0) is 37.7 Å². The summed E-state index contributed by atoms with van der Waals surface area (Å²) in [6.07, 6.45) is 0. The van der Waals surface area contributed by atoms with Crippen molar-refractivity contribution >= 4 is 32.2 Å². The fourth-order valence-electron chi connectivity index (χ4n) is 0.487. The monoisotopic (exact) mass is 276 g/mol. The normalized spacial score (nSPS) is 11.1. The number of ether oxygens (including phenoxy) is 2. The summed E-state index contributed by atoms with van der Waals surface area (Å²) in [7, 11) is -4.78. The summed E-state index contributed by atoms with van der Waals surface area (Å²) in [5.74, 6) is -7.48. The van der Waals surface area contributed by atoms with Crippen LogP contribution in [0.5, 0.6) is 0 Å². The molecule has 0 rings (SSSR count). The van der Waals surface area contributed by atoms with E-state index in [2.05, 4.69) is 18.5 Å². The molecule has 0 aromatic carbocycles. The summed E-state index contributed by atoms with van der Waals surface area (Å²) >= 11 is 0. The van der Waals surface area contributed by atoms with E-state index in [1.54, 1.807) is 0 Å². The van der Waals surface area contributed by atoms with Gasteiger partial charge in [-0.15, -0.1) is 0 Å². The van der Waals surface area contributed by atoms with Gasteiger partial charge in [-0.3, -0.25) is 0 Å². The van der Waals surface area contributed by atoms with Gasteiger partial charge in [0.15, 0.2) is 0 Å². The number of rotatable bonds is 2. The number of carbonyl (C=O) groups is 4. The number of halogens is 2. The molecule has 0 aliphatic carbocycles. The van der Waals surface area contributed by atoms with Crippen molar-refractivity contribution in [3.05, 3.63) is 0 Å². The number of carbonyl (C=O) groups excluding carboxylic acids is 4. The van der Waals surface area contributed by atoms with E-state index in [0.29, 0.717) is 0 Å². The third-order valence-electron chi connectivity index (χ3n) is 1.13. The van der Waals surface area contributed by atoms with E-state index in [0.717, 1.165) is 14.2 Å². The van der Waals surface area contributed by atoms with Crippen LogP contribution in [0.3, 0.4) is 0 Å². The number of hydrogen-bond acceptors (Lipinski definition) is 8. The quantitative estimate of drug-likeness (QED) is 0.294. The Hall–Kier alpha value is -1.83. The number of hydrogen-bond donors (Lipinski definition) is 0. The molecule has 0 saturated heterocycles.